The molecule has 0 N–H and O–H groups in total. The smallest absolute Gasteiger partial charge is 0.157 e. The largest absolute Gasteiger partial charge is 0.300 e. The second kappa shape index (κ2) is 3.30. The number of rotatable bonds is 1. The van der Waals surface area contributed by atoms with Crippen LogP contribution in [0.25, 0.3) is 0 Å². The Hall–Kier alpha value is -0.990. The van der Waals surface area contributed by atoms with Crippen LogP contribution in [-0.4, -0.2) is 24.3 Å². The Morgan fingerprint density at radius 2 is 1.71 bits per heavy atom. The lowest BCUT2D eigenvalue weighted by Gasteiger charge is -2.35. The van der Waals surface area contributed by atoms with Crippen molar-refractivity contribution in [1.29, 1.82) is 0 Å². The van der Waals surface area contributed by atoms with E-state index >= 15 is 0 Å². The molecule has 0 aromatic rings. The number of hydrogen-bond donors (Lipinski definition) is 0. The zero-order valence-electron chi connectivity index (χ0n) is 8.29. The number of hydrogen-bond acceptors (Lipinski definition) is 3. The second-order valence-corrected chi connectivity index (χ2v) is 4.45. The summed E-state index contributed by atoms with van der Waals surface area (Å²) in [5.41, 5.74) is -0.00720. The first kappa shape index (κ1) is 9.56. The molecule has 1 spiro atoms. The van der Waals surface area contributed by atoms with Crippen LogP contribution in [0.2, 0.25) is 0 Å². The Kier molecular flexibility index (Phi) is 2.25. The fourth-order valence-corrected chi connectivity index (χ4v) is 2.83. The maximum absolute atomic E-state index is 11.5. The standard InChI is InChI=1S/C11H15NO2/c1-12-10-9(14)4-7-11(10)5-2-8(13)3-6-11/h10H,1-7H2. The second-order valence-electron chi connectivity index (χ2n) is 4.45. The zero-order chi connectivity index (χ0) is 10.2. The minimum atomic E-state index is -0.226. The molecule has 3 heteroatoms. The van der Waals surface area contributed by atoms with Crippen molar-refractivity contribution in [3.8, 4) is 0 Å². The summed E-state index contributed by atoms with van der Waals surface area (Å²) in [5, 5.41) is 0. The van der Waals surface area contributed by atoms with Crippen LogP contribution in [0.3, 0.4) is 0 Å². The van der Waals surface area contributed by atoms with E-state index in [-0.39, 0.29) is 17.2 Å². The fourth-order valence-electron chi connectivity index (χ4n) is 2.83. The first-order valence-electron chi connectivity index (χ1n) is 5.18. The lowest BCUT2D eigenvalue weighted by atomic mass is 9.70. The molecule has 0 amide bonds. The summed E-state index contributed by atoms with van der Waals surface area (Å²) < 4.78 is 0. The van der Waals surface area contributed by atoms with E-state index < -0.39 is 0 Å². The van der Waals surface area contributed by atoms with Crippen molar-refractivity contribution in [3.05, 3.63) is 0 Å². The summed E-state index contributed by atoms with van der Waals surface area (Å²) in [5.74, 6) is 0.548. The van der Waals surface area contributed by atoms with Crippen molar-refractivity contribution < 1.29 is 9.59 Å². The molecular weight excluding hydrogens is 178 g/mol. The number of carbonyl (C=O) groups is 2. The summed E-state index contributed by atoms with van der Waals surface area (Å²) in [6, 6.07) is -0.226. The van der Waals surface area contributed by atoms with Gasteiger partial charge in [-0.15, -0.1) is 0 Å². The molecule has 0 heterocycles. The van der Waals surface area contributed by atoms with Crippen LogP contribution >= 0.6 is 0 Å². The van der Waals surface area contributed by atoms with Crippen molar-refractivity contribution in [2.24, 2.45) is 10.4 Å². The molecule has 2 saturated carbocycles. The highest BCUT2D eigenvalue weighted by Crippen LogP contribution is 2.48. The maximum Gasteiger partial charge on any atom is 0.157 e. The average Bonchev–Trinajstić information content (AvgIpc) is 2.49. The molecule has 0 aromatic carbocycles. The monoisotopic (exact) mass is 193 g/mol. The van der Waals surface area contributed by atoms with Gasteiger partial charge in [0.05, 0.1) is 0 Å². The number of ketones is 2. The van der Waals surface area contributed by atoms with Crippen molar-refractivity contribution in [2.45, 2.75) is 44.6 Å². The third kappa shape index (κ3) is 1.31. The van der Waals surface area contributed by atoms with Crippen LogP contribution < -0.4 is 0 Å². The van der Waals surface area contributed by atoms with E-state index in [1.165, 1.54) is 0 Å². The van der Waals surface area contributed by atoms with Crippen molar-refractivity contribution in [3.63, 3.8) is 0 Å². The van der Waals surface area contributed by atoms with Gasteiger partial charge in [-0.3, -0.25) is 14.6 Å². The van der Waals surface area contributed by atoms with E-state index in [1.807, 2.05) is 0 Å². The Morgan fingerprint density at radius 3 is 2.29 bits per heavy atom. The molecule has 76 valence electrons. The minimum absolute atomic E-state index is 0.00720. The Morgan fingerprint density at radius 1 is 1.14 bits per heavy atom. The average molecular weight is 193 g/mol. The molecule has 2 rings (SSSR count). The molecule has 0 aromatic heterocycles. The molecule has 14 heavy (non-hydrogen) atoms. The number of Topliss-reactive ketones (excluding diaryl/α,β-unsaturated/α-hetero) is 2. The van der Waals surface area contributed by atoms with Crippen LogP contribution in [0.5, 0.6) is 0 Å². The minimum Gasteiger partial charge on any atom is -0.300 e. The van der Waals surface area contributed by atoms with Crippen molar-refractivity contribution in [1.82, 2.24) is 0 Å². The molecule has 1 atom stereocenters. The molecule has 0 radical (unpaired) electrons. The van der Waals surface area contributed by atoms with Gasteiger partial charge in [-0.1, -0.05) is 0 Å². The topological polar surface area (TPSA) is 46.5 Å². The molecule has 3 nitrogen and oxygen atoms in total. The molecule has 2 fully saturated rings. The number of aliphatic imine (C=N–C) groups is 1. The van der Waals surface area contributed by atoms with Gasteiger partial charge in [-0.2, -0.15) is 0 Å². The van der Waals surface area contributed by atoms with Gasteiger partial charge < -0.3 is 0 Å². The van der Waals surface area contributed by atoms with Crippen LogP contribution in [-0.2, 0) is 9.59 Å². The van der Waals surface area contributed by atoms with Crippen molar-refractivity contribution >= 4 is 18.3 Å². The van der Waals surface area contributed by atoms with Gasteiger partial charge in [0, 0.05) is 24.7 Å². The van der Waals surface area contributed by atoms with Gasteiger partial charge in [0.25, 0.3) is 0 Å². The first-order valence-corrected chi connectivity index (χ1v) is 5.18. The third-order valence-corrected chi connectivity index (χ3v) is 3.74. The predicted octanol–water partition coefficient (Wildman–Crippen LogP) is 1.55. The number of carbonyl (C=O) groups excluding carboxylic acids is 2. The highest BCUT2D eigenvalue weighted by Gasteiger charge is 2.48. The van der Waals surface area contributed by atoms with Gasteiger partial charge in [-0.25, -0.2) is 0 Å². The molecule has 0 aliphatic heterocycles. The lowest BCUT2D eigenvalue weighted by molar-refractivity contribution is -0.124. The summed E-state index contributed by atoms with van der Waals surface area (Å²) >= 11 is 0. The molecular formula is C11H15NO2. The van der Waals surface area contributed by atoms with Crippen LogP contribution in [0, 0.1) is 5.41 Å². The highest BCUT2D eigenvalue weighted by atomic mass is 16.1. The summed E-state index contributed by atoms with van der Waals surface area (Å²) in [6.45, 7) is 3.51. The van der Waals surface area contributed by atoms with E-state index in [0.29, 0.717) is 25.0 Å². The van der Waals surface area contributed by atoms with Gasteiger partial charge in [0.15, 0.2) is 5.78 Å². The third-order valence-electron chi connectivity index (χ3n) is 3.74. The van der Waals surface area contributed by atoms with Crippen molar-refractivity contribution in [2.75, 3.05) is 0 Å². The van der Waals surface area contributed by atoms with E-state index in [1.54, 1.807) is 0 Å². The summed E-state index contributed by atoms with van der Waals surface area (Å²) in [4.78, 5) is 26.6. The normalized spacial score (nSPS) is 31.0. The van der Waals surface area contributed by atoms with E-state index in [2.05, 4.69) is 11.7 Å². The SMILES string of the molecule is C=NC1C(=O)CCC12CCC(=O)CC2. The molecule has 2 aliphatic carbocycles. The zero-order valence-corrected chi connectivity index (χ0v) is 8.29. The molecule has 1 unspecified atom stereocenters. The summed E-state index contributed by atoms with van der Waals surface area (Å²) in [7, 11) is 0. The Labute approximate surface area is 83.6 Å². The van der Waals surface area contributed by atoms with E-state index in [4.69, 9.17) is 0 Å². The van der Waals surface area contributed by atoms with Gasteiger partial charge in [0.1, 0.15) is 11.8 Å². The van der Waals surface area contributed by atoms with Crippen LogP contribution in [0.1, 0.15) is 38.5 Å². The summed E-state index contributed by atoms with van der Waals surface area (Å²) in [6.07, 6.45) is 4.45. The van der Waals surface area contributed by atoms with E-state index in [9.17, 15) is 9.59 Å². The van der Waals surface area contributed by atoms with E-state index in [0.717, 1.165) is 19.3 Å². The Bertz CT molecular complexity index is 286. The first-order chi connectivity index (χ1) is 6.68. The maximum atomic E-state index is 11.5. The van der Waals surface area contributed by atoms with Gasteiger partial charge in [0.2, 0.25) is 0 Å². The van der Waals surface area contributed by atoms with Crippen LogP contribution in [0.15, 0.2) is 4.99 Å². The van der Waals surface area contributed by atoms with Crippen LogP contribution in [0.4, 0.5) is 0 Å². The molecule has 0 saturated heterocycles. The van der Waals surface area contributed by atoms with Gasteiger partial charge in [-0.05, 0) is 26.0 Å². The Balaban J connectivity index is 2.19. The highest BCUT2D eigenvalue weighted by molar-refractivity contribution is 5.89. The predicted molar refractivity (Wildman–Crippen MR) is 53.5 cm³/mol. The quantitative estimate of drug-likeness (QED) is 0.593. The fraction of sp³-hybridized carbons (Fsp3) is 0.727. The van der Waals surface area contributed by atoms with Gasteiger partial charge >= 0.3 is 0 Å². The lowest BCUT2D eigenvalue weighted by Crippen LogP contribution is -2.36. The molecule has 2 aliphatic rings. The number of nitrogens with zero attached hydrogens (tertiary/aromatic N) is 1. The molecule has 0 bridgehead atoms.